The van der Waals surface area contributed by atoms with E-state index >= 15 is 0 Å². The Balaban J connectivity index is 2.54. The van der Waals surface area contributed by atoms with Crippen molar-refractivity contribution in [2.24, 2.45) is 0 Å². The van der Waals surface area contributed by atoms with Crippen LogP contribution in [0.25, 0.3) is 0 Å². The summed E-state index contributed by atoms with van der Waals surface area (Å²) in [6, 6.07) is 3.70. The SMILES string of the molecule is CCCNC(=O)COC(=O)c1ccc(OC)c(F)c1. The Kier molecular flexibility index (Phi) is 5.78. The van der Waals surface area contributed by atoms with Gasteiger partial charge >= 0.3 is 5.97 Å². The summed E-state index contributed by atoms with van der Waals surface area (Å²) in [6.07, 6.45) is 0.795. The average molecular weight is 269 g/mol. The van der Waals surface area contributed by atoms with Crippen LogP contribution in [-0.2, 0) is 9.53 Å². The number of carbonyl (C=O) groups is 2. The molecule has 0 unspecified atom stereocenters. The summed E-state index contributed by atoms with van der Waals surface area (Å²) in [5.41, 5.74) is 0.0293. The molecule has 0 aliphatic carbocycles. The molecule has 1 aromatic rings. The van der Waals surface area contributed by atoms with E-state index < -0.39 is 11.8 Å². The molecule has 0 heterocycles. The highest BCUT2D eigenvalue weighted by Gasteiger charge is 2.12. The van der Waals surface area contributed by atoms with Crippen molar-refractivity contribution in [2.75, 3.05) is 20.3 Å². The van der Waals surface area contributed by atoms with Gasteiger partial charge in [-0.1, -0.05) is 6.92 Å². The predicted molar refractivity (Wildman–Crippen MR) is 66.5 cm³/mol. The molecule has 0 radical (unpaired) electrons. The van der Waals surface area contributed by atoms with E-state index in [1.807, 2.05) is 6.92 Å². The third kappa shape index (κ3) is 4.57. The fraction of sp³-hybridized carbons (Fsp3) is 0.385. The van der Waals surface area contributed by atoms with Crippen molar-refractivity contribution in [3.8, 4) is 5.75 Å². The Hall–Kier alpha value is -2.11. The van der Waals surface area contributed by atoms with Gasteiger partial charge in [0.2, 0.25) is 0 Å². The van der Waals surface area contributed by atoms with Crippen molar-refractivity contribution in [2.45, 2.75) is 13.3 Å². The normalized spacial score (nSPS) is 9.84. The fourth-order valence-electron chi connectivity index (χ4n) is 1.32. The highest BCUT2D eigenvalue weighted by Crippen LogP contribution is 2.18. The molecule has 1 rings (SSSR count). The van der Waals surface area contributed by atoms with E-state index in [9.17, 15) is 14.0 Å². The molecule has 0 aromatic heterocycles. The number of rotatable bonds is 6. The zero-order valence-electron chi connectivity index (χ0n) is 10.9. The monoisotopic (exact) mass is 269 g/mol. The summed E-state index contributed by atoms with van der Waals surface area (Å²) in [7, 11) is 1.33. The van der Waals surface area contributed by atoms with Crippen molar-refractivity contribution in [3.63, 3.8) is 0 Å². The second kappa shape index (κ2) is 7.35. The molecule has 0 aliphatic rings. The standard InChI is InChI=1S/C13H16FNO4/c1-3-6-15-12(16)8-19-13(17)9-4-5-11(18-2)10(14)7-9/h4-5,7H,3,6,8H2,1-2H3,(H,15,16). The predicted octanol–water partition coefficient (Wildman–Crippen LogP) is 1.52. The number of hydrogen-bond donors (Lipinski definition) is 1. The van der Waals surface area contributed by atoms with Crippen molar-refractivity contribution < 1.29 is 23.5 Å². The third-order valence-corrected chi connectivity index (χ3v) is 2.29. The molecule has 1 N–H and O–H groups in total. The number of carbonyl (C=O) groups excluding carboxylic acids is 2. The Morgan fingerprint density at radius 2 is 2.11 bits per heavy atom. The lowest BCUT2D eigenvalue weighted by Crippen LogP contribution is -2.29. The lowest BCUT2D eigenvalue weighted by molar-refractivity contribution is -0.124. The van der Waals surface area contributed by atoms with Crippen LogP contribution in [0.2, 0.25) is 0 Å². The maximum Gasteiger partial charge on any atom is 0.338 e. The molecule has 0 saturated heterocycles. The molecular weight excluding hydrogens is 253 g/mol. The van der Waals surface area contributed by atoms with Crippen LogP contribution < -0.4 is 10.1 Å². The molecule has 1 amide bonds. The number of ether oxygens (including phenoxy) is 2. The molecule has 104 valence electrons. The second-order valence-corrected chi connectivity index (χ2v) is 3.78. The number of nitrogens with one attached hydrogen (secondary N) is 1. The minimum absolute atomic E-state index is 0.0293. The van der Waals surface area contributed by atoms with Gasteiger partial charge < -0.3 is 14.8 Å². The molecule has 1 aromatic carbocycles. The summed E-state index contributed by atoms with van der Waals surface area (Å²) in [5, 5.41) is 2.56. The molecule has 0 aliphatic heterocycles. The topological polar surface area (TPSA) is 64.6 Å². The van der Waals surface area contributed by atoms with Crippen LogP contribution in [0.15, 0.2) is 18.2 Å². The average Bonchev–Trinajstić information content (AvgIpc) is 2.42. The Bertz CT molecular complexity index is 462. The van der Waals surface area contributed by atoms with Crippen LogP contribution >= 0.6 is 0 Å². The van der Waals surface area contributed by atoms with E-state index in [0.717, 1.165) is 12.5 Å². The number of benzene rings is 1. The summed E-state index contributed by atoms with van der Waals surface area (Å²) in [4.78, 5) is 22.8. The highest BCUT2D eigenvalue weighted by molar-refractivity contribution is 5.91. The number of halogens is 1. The van der Waals surface area contributed by atoms with Gasteiger partial charge in [0.15, 0.2) is 18.2 Å². The largest absolute Gasteiger partial charge is 0.494 e. The minimum atomic E-state index is -0.756. The molecule has 6 heteroatoms. The number of methoxy groups -OCH3 is 1. The summed E-state index contributed by atoms with van der Waals surface area (Å²) < 4.78 is 22.9. The van der Waals surface area contributed by atoms with E-state index in [1.54, 1.807) is 0 Å². The van der Waals surface area contributed by atoms with Gasteiger partial charge in [0.05, 0.1) is 12.7 Å². The molecule has 0 saturated carbocycles. The van der Waals surface area contributed by atoms with Crippen LogP contribution in [0, 0.1) is 5.82 Å². The van der Waals surface area contributed by atoms with Gasteiger partial charge in [-0.2, -0.15) is 0 Å². The van der Waals surface area contributed by atoms with E-state index in [-0.39, 0.29) is 23.8 Å². The zero-order chi connectivity index (χ0) is 14.3. The van der Waals surface area contributed by atoms with Gasteiger partial charge in [-0.25, -0.2) is 9.18 Å². The third-order valence-electron chi connectivity index (χ3n) is 2.29. The van der Waals surface area contributed by atoms with E-state index in [2.05, 4.69) is 5.32 Å². The first-order valence-electron chi connectivity index (χ1n) is 5.85. The van der Waals surface area contributed by atoms with Crippen molar-refractivity contribution in [3.05, 3.63) is 29.6 Å². The Morgan fingerprint density at radius 1 is 1.37 bits per heavy atom. The van der Waals surface area contributed by atoms with Crippen LogP contribution in [0.5, 0.6) is 5.75 Å². The number of amides is 1. The van der Waals surface area contributed by atoms with Crippen molar-refractivity contribution in [1.29, 1.82) is 0 Å². The van der Waals surface area contributed by atoms with Crippen LogP contribution in [0.3, 0.4) is 0 Å². The van der Waals surface area contributed by atoms with Gasteiger partial charge in [-0.05, 0) is 24.6 Å². The van der Waals surface area contributed by atoms with Gasteiger partial charge in [0.25, 0.3) is 5.91 Å². The van der Waals surface area contributed by atoms with E-state index in [4.69, 9.17) is 9.47 Å². The number of esters is 1. The van der Waals surface area contributed by atoms with Gasteiger partial charge in [0, 0.05) is 6.54 Å². The fourth-order valence-corrected chi connectivity index (χ4v) is 1.32. The molecule has 0 spiro atoms. The maximum absolute atomic E-state index is 13.4. The first kappa shape index (κ1) is 14.9. The van der Waals surface area contributed by atoms with E-state index in [1.165, 1.54) is 19.2 Å². The van der Waals surface area contributed by atoms with Gasteiger partial charge in [-0.15, -0.1) is 0 Å². The lowest BCUT2D eigenvalue weighted by atomic mass is 10.2. The molecule has 0 bridgehead atoms. The maximum atomic E-state index is 13.4. The first-order valence-corrected chi connectivity index (χ1v) is 5.85. The lowest BCUT2D eigenvalue weighted by Gasteiger charge is -2.07. The molecule has 0 atom stereocenters. The summed E-state index contributed by atoms with van der Waals surface area (Å²) >= 11 is 0. The van der Waals surface area contributed by atoms with Crippen LogP contribution in [0.1, 0.15) is 23.7 Å². The smallest absolute Gasteiger partial charge is 0.338 e. The molecule has 0 fully saturated rings. The van der Waals surface area contributed by atoms with Gasteiger partial charge in [0.1, 0.15) is 0 Å². The summed E-state index contributed by atoms with van der Waals surface area (Å²) in [5.74, 6) is -1.76. The summed E-state index contributed by atoms with van der Waals surface area (Å²) in [6.45, 7) is 2.05. The van der Waals surface area contributed by atoms with E-state index in [0.29, 0.717) is 6.54 Å². The van der Waals surface area contributed by atoms with Crippen LogP contribution in [-0.4, -0.2) is 32.1 Å². The molecule has 5 nitrogen and oxygen atoms in total. The zero-order valence-corrected chi connectivity index (χ0v) is 10.9. The second-order valence-electron chi connectivity index (χ2n) is 3.78. The highest BCUT2D eigenvalue weighted by atomic mass is 19.1. The van der Waals surface area contributed by atoms with Crippen molar-refractivity contribution >= 4 is 11.9 Å². The van der Waals surface area contributed by atoms with Crippen molar-refractivity contribution in [1.82, 2.24) is 5.32 Å². The minimum Gasteiger partial charge on any atom is -0.494 e. The Labute approximate surface area is 110 Å². The molecular formula is C13H16FNO4. The quantitative estimate of drug-likeness (QED) is 0.795. The molecule has 19 heavy (non-hydrogen) atoms. The van der Waals surface area contributed by atoms with Crippen LogP contribution in [0.4, 0.5) is 4.39 Å². The number of hydrogen-bond acceptors (Lipinski definition) is 4. The Morgan fingerprint density at radius 3 is 2.68 bits per heavy atom. The first-order chi connectivity index (χ1) is 9.08. The van der Waals surface area contributed by atoms with Gasteiger partial charge in [-0.3, -0.25) is 4.79 Å².